The van der Waals surface area contributed by atoms with E-state index in [1.807, 2.05) is 0 Å². The molecular weight excluding hydrogens is 1380 g/mol. The summed E-state index contributed by atoms with van der Waals surface area (Å²) in [7, 11) is 0. The van der Waals surface area contributed by atoms with Crippen molar-refractivity contribution < 1.29 is 228 Å². The first-order chi connectivity index (χ1) is 47.0. The fourth-order valence-electron chi connectivity index (χ4n) is 12.8. The molecule has 0 aromatic rings. The predicted molar refractivity (Wildman–Crippen MR) is 294 cm³/mol. The summed E-state index contributed by atoms with van der Waals surface area (Å²) in [5.74, 6) is -6.11. The Bertz CT molecular complexity index is 2650. The number of hydrogen-bond donors (Lipinski definition) is 26. The molecule has 46 heteroatoms. The number of carboxylic acids is 3. The molecule has 100 heavy (non-hydrogen) atoms. The number of carbonyl (C=O) groups is 3. The SMILES string of the molecule is CC1OC(OC2C(C(=O)O)OC(OC3C(OC4C(C(=O)O)OC(OC5C(OC6C(C(=O)O)OC(O)C(O)C6O)OC(C)C(OC6OC(CO)C(O)C(O)C6O)C5O)C(O)C4O)OC(C)C(OC4OC(CO)C(O)C(O)C4O)C3O)C(O)C2O)C(O)C(O)C1OC1OC(CO)C(O)C(O)C1O. The van der Waals surface area contributed by atoms with Crippen molar-refractivity contribution in [3.63, 3.8) is 0 Å². The first kappa shape index (κ1) is 80.9. The van der Waals surface area contributed by atoms with Crippen LogP contribution in [0.25, 0.3) is 0 Å². The lowest BCUT2D eigenvalue weighted by Gasteiger charge is -2.51. The van der Waals surface area contributed by atoms with E-state index < -0.39 is 314 Å². The Hall–Kier alpha value is -3.19. The van der Waals surface area contributed by atoms with E-state index in [-0.39, 0.29) is 0 Å². The lowest BCUT2D eigenvalue weighted by Crippen LogP contribution is -2.69. The molecule has 9 aliphatic rings. The van der Waals surface area contributed by atoms with Crippen LogP contribution in [0.5, 0.6) is 0 Å². The van der Waals surface area contributed by atoms with Gasteiger partial charge in [0.05, 0.1) is 38.1 Å². The van der Waals surface area contributed by atoms with Crippen LogP contribution in [0.2, 0.25) is 0 Å². The van der Waals surface area contributed by atoms with Gasteiger partial charge in [0, 0.05) is 0 Å². The largest absolute Gasteiger partial charge is 0.479 e. The van der Waals surface area contributed by atoms with Gasteiger partial charge in [-0.1, -0.05) is 0 Å². The quantitative estimate of drug-likeness (QED) is 0.0479. The van der Waals surface area contributed by atoms with Crippen LogP contribution >= 0.6 is 0 Å². The van der Waals surface area contributed by atoms with Gasteiger partial charge in [0.1, 0.15) is 183 Å². The summed E-state index contributed by atoms with van der Waals surface area (Å²) >= 11 is 0. The summed E-state index contributed by atoms with van der Waals surface area (Å²) in [5, 5.41) is 281. The minimum atomic E-state index is -2.71. The van der Waals surface area contributed by atoms with E-state index in [2.05, 4.69) is 0 Å². The van der Waals surface area contributed by atoms with Gasteiger partial charge in [0.15, 0.2) is 74.9 Å². The average molecular weight is 1470 g/mol. The molecule has 45 atom stereocenters. The number of aliphatic hydroxyl groups excluding tert-OH is 23. The monoisotopic (exact) mass is 1470 g/mol. The van der Waals surface area contributed by atoms with Gasteiger partial charge in [-0.15, -0.1) is 0 Å². The predicted octanol–water partition coefficient (Wildman–Crippen LogP) is -17.3. The molecule has 0 bridgehead atoms. The highest BCUT2D eigenvalue weighted by molar-refractivity contribution is 5.74. The van der Waals surface area contributed by atoms with Crippen molar-refractivity contribution >= 4 is 17.9 Å². The molecule has 0 saturated carbocycles. The maximum Gasteiger partial charge on any atom is 0.335 e. The first-order valence-corrected chi connectivity index (χ1v) is 31.2. The Morgan fingerprint density at radius 2 is 0.460 bits per heavy atom. The topological polar surface area (TPSA) is 734 Å². The smallest absolute Gasteiger partial charge is 0.335 e. The van der Waals surface area contributed by atoms with Crippen molar-refractivity contribution in [2.45, 2.75) is 297 Å². The fourth-order valence-corrected chi connectivity index (χ4v) is 12.8. The molecule has 26 N–H and O–H groups in total. The van der Waals surface area contributed by atoms with Crippen LogP contribution in [0, 0.1) is 0 Å². The maximum absolute atomic E-state index is 13.3. The summed E-state index contributed by atoms with van der Waals surface area (Å²) in [6, 6.07) is 0. The number of hydrogen-bond acceptors (Lipinski definition) is 43. The number of carboxylic acid groups (broad SMARTS) is 3. The third-order valence-corrected chi connectivity index (χ3v) is 18.5. The second-order valence-corrected chi connectivity index (χ2v) is 25.2. The van der Waals surface area contributed by atoms with E-state index in [1.54, 1.807) is 0 Å². The van der Waals surface area contributed by atoms with Gasteiger partial charge < -0.3 is 213 Å². The third-order valence-electron chi connectivity index (χ3n) is 18.5. The van der Waals surface area contributed by atoms with E-state index in [1.165, 1.54) is 6.92 Å². The second-order valence-electron chi connectivity index (χ2n) is 25.2. The highest BCUT2D eigenvalue weighted by Gasteiger charge is 2.62. The Labute approximate surface area is 561 Å². The molecule has 46 nitrogen and oxygen atoms in total. The molecule has 9 rings (SSSR count). The fraction of sp³-hybridized carbons (Fsp3) is 0.944. The van der Waals surface area contributed by atoms with Gasteiger partial charge in [-0.3, -0.25) is 0 Å². The Morgan fingerprint density at radius 3 is 0.770 bits per heavy atom. The zero-order chi connectivity index (χ0) is 73.9. The molecule has 0 aromatic heterocycles. The first-order valence-electron chi connectivity index (χ1n) is 31.2. The Balaban J connectivity index is 0.975. The van der Waals surface area contributed by atoms with E-state index in [4.69, 9.17) is 80.5 Å². The minimum Gasteiger partial charge on any atom is -0.479 e. The third kappa shape index (κ3) is 16.2. The standard InChI is InChI=1S/C54H86O46/c1-7-32(91-48-24(69)16(61)13(58)10(4-55)87-48)20(65)27(72)47(84-7)94-36-21(66)28(73)51(99-41(36)44(79)80)98-39-31(76)34(93-50-26(71)18(63)15(60)12(6-57)89-50)9(3)86-54(39)96-37-22(67)29(74)52(100-42(37)45(81)82)97-38-30(75)33(92-49-25(70)17(62)14(59)11(5-56)88-49)8(2)85-53(38)95-35-19(64)23(68)46(83)90-40(35)43(77)78/h7-42,46-76,83H,4-6H2,1-3H3,(H,77,78)(H,79,80)(H,81,82). The lowest BCUT2D eigenvalue weighted by molar-refractivity contribution is -0.410. The van der Waals surface area contributed by atoms with Crippen LogP contribution in [0.4, 0.5) is 0 Å². The summed E-state index contributed by atoms with van der Waals surface area (Å²) in [5.41, 5.74) is 0. The van der Waals surface area contributed by atoms with Crippen LogP contribution < -0.4 is 0 Å². The van der Waals surface area contributed by atoms with Gasteiger partial charge in [0.2, 0.25) is 0 Å². The summed E-state index contributed by atoms with van der Waals surface area (Å²) < 4.78 is 96.0. The zero-order valence-electron chi connectivity index (χ0n) is 52.4. The zero-order valence-corrected chi connectivity index (χ0v) is 52.4. The molecule has 9 fully saturated rings. The van der Waals surface area contributed by atoms with E-state index in [0.29, 0.717) is 0 Å². The molecule has 45 unspecified atom stereocenters. The Kier molecular flexibility index (Phi) is 26.9. The normalized spacial score (nSPS) is 53.5. The molecule has 9 heterocycles. The van der Waals surface area contributed by atoms with Gasteiger partial charge >= 0.3 is 17.9 Å². The maximum atomic E-state index is 13.3. The molecule has 578 valence electrons. The number of aliphatic carboxylic acids is 3. The van der Waals surface area contributed by atoms with Crippen molar-refractivity contribution in [3.05, 3.63) is 0 Å². The van der Waals surface area contributed by atoms with Crippen LogP contribution in [-0.4, -0.2) is 447 Å². The highest BCUT2D eigenvalue weighted by Crippen LogP contribution is 2.41. The summed E-state index contributed by atoms with van der Waals surface area (Å²) in [4.78, 5) is 38.8. The van der Waals surface area contributed by atoms with Gasteiger partial charge in [-0.25, -0.2) is 14.4 Å². The molecule has 9 saturated heterocycles. The van der Waals surface area contributed by atoms with Crippen LogP contribution in [-0.2, 0) is 94.9 Å². The minimum absolute atomic E-state index is 0.887. The van der Waals surface area contributed by atoms with E-state index >= 15 is 0 Å². The molecule has 0 aliphatic carbocycles. The van der Waals surface area contributed by atoms with Crippen molar-refractivity contribution in [1.29, 1.82) is 0 Å². The van der Waals surface area contributed by atoms with Crippen LogP contribution in [0.15, 0.2) is 0 Å². The molecule has 0 radical (unpaired) electrons. The average Bonchev–Trinajstić information content (AvgIpc) is 0.766. The van der Waals surface area contributed by atoms with Crippen LogP contribution in [0.3, 0.4) is 0 Å². The van der Waals surface area contributed by atoms with Gasteiger partial charge in [-0.2, -0.15) is 0 Å². The molecule has 0 amide bonds. The number of aliphatic hydroxyl groups is 23. The van der Waals surface area contributed by atoms with E-state index in [9.17, 15) is 147 Å². The lowest BCUT2D eigenvalue weighted by atomic mass is 9.94. The molecular formula is C54H86O46. The van der Waals surface area contributed by atoms with Gasteiger partial charge in [0.25, 0.3) is 0 Å². The van der Waals surface area contributed by atoms with Crippen molar-refractivity contribution in [1.82, 2.24) is 0 Å². The summed E-state index contributed by atoms with van der Waals surface area (Å²) in [6.45, 7) is 0.547. The van der Waals surface area contributed by atoms with E-state index in [0.717, 1.165) is 13.8 Å². The van der Waals surface area contributed by atoms with Crippen molar-refractivity contribution in [2.24, 2.45) is 0 Å². The highest BCUT2D eigenvalue weighted by atomic mass is 16.8. The second kappa shape index (κ2) is 33.3. The van der Waals surface area contributed by atoms with Crippen LogP contribution in [0.1, 0.15) is 20.8 Å². The summed E-state index contributed by atoms with van der Waals surface area (Å²) in [6.07, 6.45) is -98.2. The Morgan fingerprint density at radius 1 is 0.240 bits per heavy atom. The molecule has 0 spiro atoms. The van der Waals surface area contributed by atoms with Gasteiger partial charge in [-0.05, 0) is 20.8 Å². The van der Waals surface area contributed by atoms with Crippen molar-refractivity contribution in [3.8, 4) is 0 Å². The number of ether oxygens (including phenoxy) is 17. The molecule has 0 aromatic carbocycles. The number of rotatable bonds is 22. The van der Waals surface area contributed by atoms with Crippen molar-refractivity contribution in [2.75, 3.05) is 19.8 Å². The molecule has 9 aliphatic heterocycles.